The monoisotopic (exact) mass is 642 g/mol. The molecule has 0 aromatic heterocycles. The molecule has 0 unspecified atom stereocenters. The van der Waals surface area contributed by atoms with Crippen LogP contribution in [-0.4, -0.2) is 32.7 Å². The summed E-state index contributed by atoms with van der Waals surface area (Å²) in [7, 11) is 0. The SMILES string of the molecule is CC(C)=CCC/C(C)=C/C[C@@H]1C[C@]2(CC=C(C)C)C(=O)/C(=C(/O)c3ccc(O)c(O)c3)C(=O)[C@@](CC=C(C)C)(C2=O)[C@H]1CC=C(C)C. The highest BCUT2D eigenvalue weighted by Gasteiger charge is 2.70. The number of rotatable bonds is 12. The summed E-state index contributed by atoms with van der Waals surface area (Å²) in [6.45, 7) is 18.0. The molecule has 2 aliphatic carbocycles. The van der Waals surface area contributed by atoms with E-state index in [9.17, 15) is 20.1 Å². The first-order valence-electron chi connectivity index (χ1n) is 16.8. The van der Waals surface area contributed by atoms with E-state index in [4.69, 9.17) is 0 Å². The number of hydrogen-bond acceptors (Lipinski definition) is 6. The Bertz CT molecular complexity index is 1580. The average molecular weight is 643 g/mol. The molecule has 2 fully saturated rings. The maximum absolute atomic E-state index is 15.1. The lowest BCUT2D eigenvalue weighted by atomic mass is 9.42. The molecule has 0 radical (unpaired) electrons. The average Bonchev–Trinajstić information content (AvgIpc) is 2.98. The number of phenols is 2. The molecule has 0 spiro atoms. The van der Waals surface area contributed by atoms with Crippen molar-refractivity contribution in [2.24, 2.45) is 22.7 Å². The maximum atomic E-state index is 15.1. The van der Waals surface area contributed by atoms with Crippen LogP contribution in [0, 0.1) is 22.7 Å². The normalized spacial score (nSPS) is 25.2. The lowest BCUT2D eigenvalue weighted by Gasteiger charge is -2.56. The number of fused-ring (bicyclic) bond motifs is 2. The third kappa shape index (κ3) is 7.97. The van der Waals surface area contributed by atoms with Crippen LogP contribution in [0.3, 0.4) is 0 Å². The van der Waals surface area contributed by atoms with Gasteiger partial charge in [0.2, 0.25) is 0 Å². The molecule has 0 amide bonds. The van der Waals surface area contributed by atoms with Crippen molar-refractivity contribution in [3.8, 4) is 11.5 Å². The molecule has 3 rings (SSSR count). The van der Waals surface area contributed by atoms with Gasteiger partial charge in [-0.2, -0.15) is 0 Å². The van der Waals surface area contributed by atoms with Crippen molar-refractivity contribution >= 4 is 23.1 Å². The molecule has 3 N–H and O–H groups in total. The standard InChI is InChI=1S/C41H54O6/c1-25(2)11-10-12-29(9)14-15-31-24-40(21-19-27(5)6)37(45)35(36(44)30-16-18-33(42)34(43)23-30)38(46)41(39(40)47,22-20-28(7)8)32(31)17-13-26(3)4/h11,13-14,16,18-20,23,31-32,42-44H,10,12,15,17,21-22,24H2,1-9H3/b29-14+,36-35-/t31-,32+,40-,41+/m1/s1. The molecule has 4 atom stereocenters. The van der Waals surface area contributed by atoms with E-state index in [1.165, 1.54) is 23.3 Å². The number of carbonyl (C=O) groups excluding carboxylic acids is 3. The number of aliphatic hydroxyl groups excluding tert-OH is 1. The molecule has 2 aliphatic rings. The zero-order chi connectivity index (χ0) is 35.3. The summed E-state index contributed by atoms with van der Waals surface area (Å²) in [5, 5.41) is 31.8. The number of aromatic hydroxyl groups is 2. The van der Waals surface area contributed by atoms with Crippen LogP contribution in [0.4, 0.5) is 0 Å². The van der Waals surface area contributed by atoms with Crippen molar-refractivity contribution in [1.29, 1.82) is 0 Å². The van der Waals surface area contributed by atoms with E-state index < -0.39 is 51.1 Å². The summed E-state index contributed by atoms with van der Waals surface area (Å²) in [5.41, 5.74) is 1.96. The Kier molecular flexibility index (Phi) is 12.2. The predicted molar refractivity (Wildman–Crippen MR) is 190 cm³/mol. The Labute approximate surface area is 281 Å². The van der Waals surface area contributed by atoms with Crippen LogP contribution in [0.1, 0.15) is 113 Å². The van der Waals surface area contributed by atoms with E-state index in [1.807, 2.05) is 53.7 Å². The molecule has 2 saturated carbocycles. The number of hydrogen-bond donors (Lipinski definition) is 3. The van der Waals surface area contributed by atoms with E-state index in [0.29, 0.717) is 12.8 Å². The van der Waals surface area contributed by atoms with Crippen LogP contribution in [0.2, 0.25) is 0 Å². The molecule has 47 heavy (non-hydrogen) atoms. The molecule has 0 heterocycles. The smallest absolute Gasteiger partial charge is 0.184 e. The third-order valence-electron chi connectivity index (χ3n) is 9.76. The Hall–Kier alpha value is -3.93. The molecule has 6 nitrogen and oxygen atoms in total. The van der Waals surface area contributed by atoms with E-state index in [0.717, 1.165) is 35.6 Å². The molecule has 1 aromatic rings. The van der Waals surface area contributed by atoms with Crippen LogP contribution in [-0.2, 0) is 14.4 Å². The lowest BCUT2D eigenvalue weighted by Crippen LogP contribution is -2.66. The second-order valence-electron chi connectivity index (χ2n) is 14.6. The molecule has 2 bridgehead atoms. The first kappa shape index (κ1) is 37.5. The first-order chi connectivity index (χ1) is 22.0. The number of benzene rings is 1. The number of aliphatic hydroxyl groups is 1. The largest absolute Gasteiger partial charge is 0.506 e. The van der Waals surface area contributed by atoms with Gasteiger partial charge in [-0.1, -0.05) is 58.2 Å². The van der Waals surface area contributed by atoms with Gasteiger partial charge in [0.25, 0.3) is 0 Å². The molecular weight excluding hydrogens is 588 g/mol. The number of ketones is 3. The van der Waals surface area contributed by atoms with Crippen molar-refractivity contribution in [2.75, 3.05) is 0 Å². The highest BCUT2D eigenvalue weighted by molar-refractivity contribution is 6.41. The molecular formula is C41H54O6. The summed E-state index contributed by atoms with van der Waals surface area (Å²) in [6.07, 6.45) is 13.8. The Morgan fingerprint density at radius 2 is 1.34 bits per heavy atom. The molecule has 6 heteroatoms. The van der Waals surface area contributed by atoms with Gasteiger partial charge in [0.05, 0.1) is 5.41 Å². The van der Waals surface area contributed by atoms with Crippen molar-refractivity contribution < 1.29 is 29.7 Å². The van der Waals surface area contributed by atoms with Crippen molar-refractivity contribution in [1.82, 2.24) is 0 Å². The second kappa shape index (κ2) is 15.3. The third-order valence-corrected chi connectivity index (χ3v) is 9.76. The summed E-state index contributed by atoms with van der Waals surface area (Å²) >= 11 is 0. The van der Waals surface area contributed by atoms with Gasteiger partial charge in [0, 0.05) is 5.56 Å². The van der Waals surface area contributed by atoms with Gasteiger partial charge < -0.3 is 15.3 Å². The van der Waals surface area contributed by atoms with E-state index in [-0.39, 0.29) is 36.5 Å². The summed E-state index contributed by atoms with van der Waals surface area (Å²) < 4.78 is 0. The summed E-state index contributed by atoms with van der Waals surface area (Å²) in [5.74, 6) is -3.72. The number of allylic oxidation sites excluding steroid dienone is 11. The highest BCUT2D eigenvalue weighted by atomic mass is 16.3. The summed E-state index contributed by atoms with van der Waals surface area (Å²) in [6, 6.07) is 3.67. The van der Waals surface area contributed by atoms with Crippen LogP contribution >= 0.6 is 0 Å². The fourth-order valence-electron chi connectivity index (χ4n) is 7.14. The van der Waals surface area contributed by atoms with Crippen LogP contribution in [0.25, 0.3) is 5.76 Å². The highest BCUT2D eigenvalue weighted by Crippen LogP contribution is 2.61. The Morgan fingerprint density at radius 3 is 1.91 bits per heavy atom. The van der Waals surface area contributed by atoms with E-state index >= 15 is 9.59 Å². The van der Waals surface area contributed by atoms with Gasteiger partial charge >= 0.3 is 0 Å². The number of phenolic OH excluding ortho intramolecular Hbond substituents is 2. The van der Waals surface area contributed by atoms with Gasteiger partial charge in [-0.25, -0.2) is 0 Å². The minimum atomic E-state index is -1.58. The Morgan fingerprint density at radius 1 is 0.745 bits per heavy atom. The fraction of sp³-hybridized carbons (Fsp3) is 0.488. The van der Waals surface area contributed by atoms with Gasteiger partial charge in [-0.15, -0.1) is 0 Å². The molecule has 0 aliphatic heterocycles. The van der Waals surface area contributed by atoms with Gasteiger partial charge in [0.15, 0.2) is 28.8 Å². The Balaban J connectivity index is 2.38. The predicted octanol–water partition coefficient (Wildman–Crippen LogP) is 9.85. The lowest BCUT2D eigenvalue weighted by molar-refractivity contribution is -0.167. The zero-order valence-electron chi connectivity index (χ0n) is 29.8. The van der Waals surface area contributed by atoms with Crippen LogP contribution in [0.15, 0.2) is 82.0 Å². The van der Waals surface area contributed by atoms with Crippen LogP contribution < -0.4 is 0 Å². The topological polar surface area (TPSA) is 112 Å². The number of carbonyl (C=O) groups is 3. The van der Waals surface area contributed by atoms with E-state index in [1.54, 1.807) is 0 Å². The molecule has 0 saturated heterocycles. The van der Waals surface area contributed by atoms with E-state index in [2.05, 4.69) is 39.0 Å². The van der Waals surface area contributed by atoms with Crippen molar-refractivity contribution in [3.05, 3.63) is 87.6 Å². The first-order valence-corrected chi connectivity index (χ1v) is 16.8. The van der Waals surface area contributed by atoms with Crippen LogP contribution in [0.5, 0.6) is 11.5 Å². The summed E-state index contributed by atoms with van der Waals surface area (Å²) in [4.78, 5) is 44.9. The maximum Gasteiger partial charge on any atom is 0.184 e. The molecule has 1 aromatic carbocycles. The van der Waals surface area contributed by atoms with Gasteiger partial charge in [-0.3, -0.25) is 14.4 Å². The minimum absolute atomic E-state index is 0.0199. The number of Topliss-reactive ketones (excluding diaryl/α,β-unsaturated/α-hetero) is 3. The fourth-order valence-corrected chi connectivity index (χ4v) is 7.14. The second-order valence-corrected chi connectivity index (χ2v) is 14.6. The van der Waals surface area contributed by atoms with Gasteiger partial charge in [0.1, 0.15) is 16.7 Å². The van der Waals surface area contributed by atoms with Gasteiger partial charge in [-0.05, 0) is 137 Å². The minimum Gasteiger partial charge on any atom is -0.506 e. The zero-order valence-corrected chi connectivity index (χ0v) is 29.8. The van der Waals surface area contributed by atoms with Crippen molar-refractivity contribution in [3.63, 3.8) is 0 Å². The molecule has 254 valence electrons. The quantitative estimate of drug-likeness (QED) is 0.0523. The van der Waals surface area contributed by atoms with Crippen molar-refractivity contribution in [2.45, 2.75) is 107 Å².